The van der Waals surface area contributed by atoms with Gasteiger partial charge in [0.2, 0.25) is 0 Å². The van der Waals surface area contributed by atoms with Crippen molar-refractivity contribution in [2.24, 2.45) is 5.92 Å². The average Bonchev–Trinajstić information content (AvgIpc) is 2.41. The summed E-state index contributed by atoms with van der Waals surface area (Å²) in [5.74, 6) is 1.56. The van der Waals surface area contributed by atoms with Gasteiger partial charge in [0.05, 0.1) is 5.52 Å². The van der Waals surface area contributed by atoms with Gasteiger partial charge >= 0.3 is 0 Å². The molecule has 1 aliphatic rings. The molecule has 1 heterocycles. The topological polar surface area (TPSA) is 48.1 Å². The summed E-state index contributed by atoms with van der Waals surface area (Å²) in [6.07, 6.45) is 7.14. The van der Waals surface area contributed by atoms with E-state index in [1.165, 1.54) is 19.3 Å². The molecule has 0 bridgehead atoms. The number of benzene rings is 1. The Balaban J connectivity index is 1.92. The van der Waals surface area contributed by atoms with E-state index in [2.05, 4.69) is 11.9 Å². The van der Waals surface area contributed by atoms with Crippen LogP contribution in [0.1, 0.15) is 32.6 Å². The molecule has 100 valence electrons. The first-order chi connectivity index (χ1) is 9.24. The molecule has 19 heavy (non-hydrogen) atoms. The van der Waals surface area contributed by atoms with E-state index in [9.17, 15) is 0 Å². The zero-order valence-electron chi connectivity index (χ0n) is 11.3. The van der Waals surface area contributed by atoms with Gasteiger partial charge in [-0.05, 0) is 49.4 Å². The predicted molar refractivity (Wildman–Crippen MR) is 78.2 cm³/mol. The second kappa shape index (κ2) is 5.08. The van der Waals surface area contributed by atoms with E-state index in [0.717, 1.165) is 28.8 Å². The number of hydrogen-bond donors (Lipinski definition) is 1. The van der Waals surface area contributed by atoms with Crippen molar-refractivity contribution < 1.29 is 4.74 Å². The number of aromatic nitrogens is 1. The van der Waals surface area contributed by atoms with Crippen molar-refractivity contribution >= 4 is 16.6 Å². The van der Waals surface area contributed by atoms with Gasteiger partial charge < -0.3 is 10.5 Å². The lowest BCUT2D eigenvalue weighted by atomic mass is 9.88. The maximum atomic E-state index is 6.24. The molecule has 1 aromatic heterocycles. The molecule has 0 saturated heterocycles. The molecule has 1 aliphatic carbocycles. The van der Waals surface area contributed by atoms with Crippen molar-refractivity contribution in [3.63, 3.8) is 0 Å². The minimum absolute atomic E-state index is 0.330. The largest absolute Gasteiger partial charge is 0.489 e. The first kappa shape index (κ1) is 12.3. The molecule has 1 saturated carbocycles. The number of hydrogen-bond acceptors (Lipinski definition) is 3. The highest BCUT2D eigenvalue weighted by Gasteiger charge is 2.23. The molecule has 2 aromatic rings. The average molecular weight is 256 g/mol. The van der Waals surface area contributed by atoms with E-state index < -0.39 is 0 Å². The van der Waals surface area contributed by atoms with Crippen molar-refractivity contribution in [2.75, 3.05) is 5.73 Å². The summed E-state index contributed by atoms with van der Waals surface area (Å²) in [6, 6.07) is 7.76. The lowest BCUT2D eigenvalue weighted by molar-refractivity contribution is 0.104. The molecule has 3 heteroatoms. The number of nitrogens with zero attached hydrogens (tertiary/aromatic N) is 1. The number of pyridine rings is 1. The summed E-state index contributed by atoms with van der Waals surface area (Å²) in [5.41, 5.74) is 7.44. The normalized spacial score (nSPS) is 23.4. The minimum atomic E-state index is 0.330. The first-order valence-electron chi connectivity index (χ1n) is 7.05. The van der Waals surface area contributed by atoms with Gasteiger partial charge in [-0.3, -0.25) is 4.98 Å². The quantitative estimate of drug-likeness (QED) is 0.832. The van der Waals surface area contributed by atoms with Gasteiger partial charge in [0.15, 0.2) is 0 Å². The van der Waals surface area contributed by atoms with Crippen LogP contribution < -0.4 is 10.5 Å². The van der Waals surface area contributed by atoms with Crippen LogP contribution in [0.3, 0.4) is 0 Å². The molecule has 1 aromatic carbocycles. The predicted octanol–water partition coefficient (Wildman–Crippen LogP) is 3.77. The molecule has 2 unspecified atom stereocenters. The van der Waals surface area contributed by atoms with Gasteiger partial charge in [-0.2, -0.15) is 0 Å². The van der Waals surface area contributed by atoms with Crippen LogP contribution in [-0.2, 0) is 0 Å². The Morgan fingerprint density at radius 2 is 2.05 bits per heavy atom. The Labute approximate surface area is 113 Å². The number of fused-ring (bicyclic) bond motifs is 1. The van der Waals surface area contributed by atoms with E-state index in [4.69, 9.17) is 10.5 Å². The van der Waals surface area contributed by atoms with Crippen LogP contribution in [-0.4, -0.2) is 11.1 Å². The number of ether oxygens (including phenoxy) is 1. The number of nitrogens with two attached hydrogens (primary N) is 1. The fraction of sp³-hybridized carbons (Fsp3) is 0.438. The van der Waals surface area contributed by atoms with Gasteiger partial charge in [0, 0.05) is 17.3 Å². The van der Waals surface area contributed by atoms with E-state index in [1.54, 1.807) is 6.20 Å². The molecule has 2 atom stereocenters. The van der Waals surface area contributed by atoms with Crippen molar-refractivity contribution in [1.29, 1.82) is 0 Å². The van der Waals surface area contributed by atoms with Crippen molar-refractivity contribution in [3.05, 3.63) is 30.5 Å². The monoisotopic (exact) mass is 256 g/mol. The van der Waals surface area contributed by atoms with Crippen LogP contribution in [0.4, 0.5) is 5.69 Å². The maximum Gasteiger partial charge on any atom is 0.130 e. The molecule has 3 rings (SSSR count). The molecule has 3 nitrogen and oxygen atoms in total. The Kier molecular flexibility index (Phi) is 3.28. The lowest BCUT2D eigenvalue weighted by Crippen LogP contribution is -2.28. The Morgan fingerprint density at radius 3 is 2.89 bits per heavy atom. The summed E-state index contributed by atoms with van der Waals surface area (Å²) in [7, 11) is 0. The van der Waals surface area contributed by atoms with E-state index in [-0.39, 0.29) is 0 Å². The van der Waals surface area contributed by atoms with Crippen LogP contribution in [0, 0.1) is 5.92 Å². The highest BCUT2D eigenvalue weighted by atomic mass is 16.5. The summed E-state index contributed by atoms with van der Waals surface area (Å²) >= 11 is 0. The SMILES string of the molecule is CC1CCCCC1Oc1ccnc2cc(N)ccc12. The second-order valence-corrected chi connectivity index (χ2v) is 5.50. The van der Waals surface area contributed by atoms with Gasteiger partial charge in [-0.25, -0.2) is 0 Å². The van der Waals surface area contributed by atoms with Crippen LogP contribution in [0.25, 0.3) is 10.9 Å². The Hall–Kier alpha value is -1.77. The molecule has 0 spiro atoms. The zero-order valence-corrected chi connectivity index (χ0v) is 11.3. The summed E-state index contributed by atoms with van der Waals surface area (Å²) in [6.45, 7) is 2.28. The Bertz CT molecular complexity index is 582. The number of rotatable bonds is 2. The van der Waals surface area contributed by atoms with Crippen molar-refractivity contribution in [1.82, 2.24) is 4.98 Å². The summed E-state index contributed by atoms with van der Waals surface area (Å²) in [4.78, 5) is 4.35. The van der Waals surface area contributed by atoms with Gasteiger partial charge in [-0.15, -0.1) is 0 Å². The number of anilines is 1. The molecule has 0 amide bonds. The van der Waals surface area contributed by atoms with E-state index >= 15 is 0 Å². The standard InChI is InChI=1S/C16H20N2O/c1-11-4-2-3-5-15(11)19-16-8-9-18-14-10-12(17)6-7-13(14)16/h6-11,15H,2-5,17H2,1H3. The fourth-order valence-corrected chi connectivity index (χ4v) is 2.86. The minimum Gasteiger partial charge on any atom is -0.489 e. The summed E-state index contributed by atoms with van der Waals surface area (Å²) < 4.78 is 6.24. The van der Waals surface area contributed by atoms with Crippen molar-refractivity contribution in [3.8, 4) is 5.75 Å². The molecule has 0 radical (unpaired) electrons. The highest BCUT2D eigenvalue weighted by Crippen LogP contribution is 2.31. The van der Waals surface area contributed by atoms with Crippen molar-refractivity contribution in [2.45, 2.75) is 38.7 Å². The van der Waals surface area contributed by atoms with Gasteiger partial charge in [0.1, 0.15) is 11.9 Å². The third kappa shape index (κ3) is 2.50. The van der Waals surface area contributed by atoms with Crippen LogP contribution >= 0.6 is 0 Å². The third-order valence-electron chi connectivity index (χ3n) is 4.04. The smallest absolute Gasteiger partial charge is 0.130 e. The summed E-state index contributed by atoms with van der Waals surface area (Å²) in [5, 5.41) is 1.05. The lowest BCUT2D eigenvalue weighted by Gasteiger charge is -2.29. The van der Waals surface area contributed by atoms with Gasteiger partial charge in [0.25, 0.3) is 0 Å². The molecule has 0 aliphatic heterocycles. The molecule has 1 fully saturated rings. The van der Waals surface area contributed by atoms with Crippen LogP contribution in [0.5, 0.6) is 5.75 Å². The Morgan fingerprint density at radius 1 is 1.21 bits per heavy atom. The fourth-order valence-electron chi connectivity index (χ4n) is 2.86. The highest BCUT2D eigenvalue weighted by molar-refractivity contribution is 5.87. The van der Waals surface area contributed by atoms with Crippen LogP contribution in [0.2, 0.25) is 0 Å². The second-order valence-electron chi connectivity index (χ2n) is 5.50. The van der Waals surface area contributed by atoms with E-state index in [0.29, 0.717) is 12.0 Å². The maximum absolute atomic E-state index is 6.24. The van der Waals surface area contributed by atoms with Gasteiger partial charge in [-0.1, -0.05) is 13.3 Å². The van der Waals surface area contributed by atoms with Crippen LogP contribution in [0.15, 0.2) is 30.5 Å². The molecular weight excluding hydrogens is 236 g/mol. The van der Waals surface area contributed by atoms with E-state index in [1.807, 2.05) is 24.3 Å². The number of nitrogen functional groups attached to an aromatic ring is 1. The third-order valence-corrected chi connectivity index (χ3v) is 4.04. The molecular formula is C16H20N2O. The molecule has 2 N–H and O–H groups in total. The first-order valence-corrected chi connectivity index (χ1v) is 7.05. The zero-order chi connectivity index (χ0) is 13.2.